The predicted octanol–water partition coefficient (Wildman–Crippen LogP) is 8.21. The standard InChI is InChI=1S/C32H25F/c1-25-2-4-26(5-3-25)6-7-27-8-10-28(11-9-27)12-13-29-14-16-30(17-15-29)18-19-31-20-22-32(24-33)23-21-31/h2-11,14-23H,24H2,1H3/b7-6+,19-18+. The van der Waals surface area contributed by atoms with Crippen LogP contribution in [0, 0.1) is 18.8 Å². The SMILES string of the molecule is Cc1ccc(/C=C/c2ccc(C#Cc3ccc(/C=C/c4ccc(CF)cc4)cc3)cc2)cc1. The minimum Gasteiger partial charge on any atom is -0.246 e. The third-order valence-corrected chi connectivity index (χ3v) is 5.32. The van der Waals surface area contributed by atoms with Gasteiger partial charge in [0.2, 0.25) is 0 Å². The largest absolute Gasteiger partial charge is 0.246 e. The normalized spacial score (nSPS) is 11.0. The molecule has 4 aromatic carbocycles. The van der Waals surface area contributed by atoms with Gasteiger partial charge < -0.3 is 0 Å². The maximum atomic E-state index is 12.6. The zero-order chi connectivity index (χ0) is 22.9. The summed E-state index contributed by atoms with van der Waals surface area (Å²) in [6.07, 6.45) is 8.31. The van der Waals surface area contributed by atoms with Gasteiger partial charge in [0.25, 0.3) is 0 Å². The Kier molecular flexibility index (Phi) is 7.31. The van der Waals surface area contributed by atoms with Gasteiger partial charge in [0.05, 0.1) is 0 Å². The van der Waals surface area contributed by atoms with Gasteiger partial charge in [-0.3, -0.25) is 0 Å². The molecule has 0 aliphatic heterocycles. The molecule has 0 nitrogen and oxygen atoms in total. The van der Waals surface area contributed by atoms with E-state index in [9.17, 15) is 4.39 Å². The van der Waals surface area contributed by atoms with Crippen molar-refractivity contribution >= 4 is 24.3 Å². The molecule has 0 saturated carbocycles. The molecule has 0 aliphatic carbocycles. The van der Waals surface area contributed by atoms with Gasteiger partial charge in [-0.15, -0.1) is 0 Å². The molecule has 0 N–H and O–H groups in total. The summed E-state index contributed by atoms with van der Waals surface area (Å²) >= 11 is 0. The minimum atomic E-state index is -0.429. The van der Waals surface area contributed by atoms with Crippen molar-refractivity contribution < 1.29 is 4.39 Å². The van der Waals surface area contributed by atoms with E-state index in [0.29, 0.717) is 5.56 Å². The molecule has 0 aromatic heterocycles. The van der Waals surface area contributed by atoms with E-state index in [-0.39, 0.29) is 0 Å². The zero-order valence-corrected chi connectivity index (χ0v) is 18.6. The topological polar surface area (TPSA) is 0 Å². The fourth-order valence-electron chi connectivity index (χ4n) is 3.28. The number of rotatable bonds is 5. The van der Waals surface area contributed by atoms with E-state index in [4.69, 9.17) is 0 Å². The van der Waals surface area contributed by atoms with Crippen LogP contribution in [0.5, 0.6) is 0 Å². The first-order chi connectivity index (χ1) is 16.2. The van der Waals surface area contributed by atoms with E-state index in [2.05, 4.69) is 79.4 Å². The monoisotopic (exact) mass is 428 g/mol. The number of alkyl halides is 1. The Bertz CT molecular complexity index is 1290. The van der Waals surface area contributed by atoms with Crippen LogP contribution in [0.4, 0.5) is 4.39 Å². The third kappa shape index (κ3) is 6.66. The Morgan fingerprint density at radius 2 is 0.848 bits per heavy atom. The predicted molar refractivity (Wildman–Crippen MR) is 139 cm³/mol. The van der Waals surface area contributed by atoms with E-state index in [1.165, 1.54) is 11.1 Å². The molecule has 0 unspecified atom stereocenters. The Balaban J connectivity index is 1.36. The first-order valence-electron chi connectivity index (χ1n) is 11.0. The molecule has 0 amide bonds. The van der Waals surface area contributed by atoms with Crippen LogP contribution in [0.2, 0.25) is 0 Å². The van der Waals surface area contributed by atoms with Crippen LogP contribution < -0.4 is 0 Å². The molecule has 1 heteroatoms. The maximum absolute atomic E-state index is 12.6. The Morgan fingerprint density at radius 3 is 1.21 bits per heavy atom. The van der Waals surface area contributed by atoms with E-state index < -0.39 is 6.67 Å². The van der Waals surface area contributed by atoms with Crippen LogP contribution in [0.15, 0.2) is 97.1 Å². The third-order valence-electron chi connectivity index (χ3n) is 5.32. The lowest BCUT2D eigenvalue weighted by Crippen LogP contribution is -1.80. The van der Waals surface area contributed by atoms with Gasteiger partial charge in [-0.25, -0.2) is 4.39 Å². The molecule has 0 heterocycles. The summed E-state index contributed by atoms with van der Waals surface area (Å²) in [5.41, 5.74) is 8.42. The van der Waals surface area contributed by atoms with Gasteiger partial charge >= 0.3 is 0 Å². The molecule has 33 heavy (non-hydrogen) atoms. The van der Waals surface area contributed by atoms with Gasteiger partial charge in [0.1, 0.15) is 6.67 Å². The first kappa shape index (κ1) is 22.1. The van der Waals surface area contributed by atoms with E-state index >= 15 is 0 Å². The highest BCUT2D eigenvalue weighted by molar-refractivity contribution is 5.71. The van der Waals surface area contributed by atoms with Crippen molar-refractivity contribution in [1.29, 1.82) is 0 Å². The Morgan fingerprint density at radius 1 is 0.515 bits per heavy atom. The fraction of sp³-hybridized carbons (Fsp3) is 0.0625. The summed E-state index contributed by atoms with van der Waals surface area (Å²) < 4.78 is 12.6. The highest BCUT2D eigenvalue weighted by atomic mass is 19.1. The van der Waals surface area contributed by atoms with Gasteiger partial charge in [0.15, 0.2) is 0 Å². The summed E-state index contributed by atoms with van der Waals surface area (Å²) in [5, 5.41) is 0. The highest BCUT2D eigenvalue weighted by Crippen LogP contribution is 2.13. The smallest absolute Gasteiger partial charge is 0.115 e. The second-order valence-electron chi connectivity index (χ2n) is 7.95. The van der Waals surface area contributed by atoms with Crippen LogP contribution in [0.1, 0.15) is 44.5 Å². The second kappa shape index (κ2) is 10.9. The second-order valence-corrected chi connectivity index (χ2v) is 7.95. The molecule has 4 rings (SSSR count). The molecule has 0 fully saturated rings. The molecule has 0 atom stereocenters. The Hall–Kier alpha value is -4.15. The van der Waals surface area contributed by atoms with Gasteiger partial charge in [-0.05, 0) is 59.0 Å². The molecule has 0 radical (unpaired) electrons. The lowest BCUT2D eigenvalue weighted by molar-refractivity contribution is 0.485. The summed E-state index contributed by atoms with van der Waals surface area (Å²) in [6.45, 7) is 1.66. The summed E-state index contributed by atoms with van der Waals surface area (Å²) in [7, 11) is 0. The Labute approximate surface area is 195 Å². The summed E-state index contributed by atoms with van der Waals surface area (Å²) in [5.74, 6) is 6.46. The lowest BCUT2D eigenvalue weighted by atomic mass is 10.1. The van der Waals surface area contributed by atoms with E-state index in [1.807, 2.05) is 60.7 Å². The van der Waals surface area contributed by atoms with Crippen LogP contribution in [-0.2, 0) is 6.67 Å². The number of benzene rings is 4. The minimum absolute atomic E-state index is 0.429. The number of halogens is 1. The van der Waals surface area contributed by atoms with Crippen molar-refractivity contribution in [3.05, 3.63) is 142 Å². The molecule has 4 aromatic rings. The van der Waals surface area contributed by atoms with Crippen LogP contribution in [-0.4, -0.2) is 0 Å². The van der Waals surface area contributed by atoms with Crippen molar-refractivity contribution in [3.8, 4) is 11.8 Å². The average molecular weight is 429 g/mol. The van der Waals surface area contributed by atoms with Gasteiger partial charge in [0, 0.05) is 11.1 Å². The highest BCUT2D eigenvalue weighted by Gasteiger charge is 1.94. The van der Waals surface area contributed by atoms with Gasteiger partial charge in [-0.2, -0.15) is 0 Å². The number of aryl methyl sites for hydroxylation is 1. The summed E-state index contributed by atoms with van der Waals surface area (Å²) in [4.78, 5) is 0. The molecule has 0 spiro atoms. The quantitative estimate of drug-likeness (QED) is 0.222. The van der Waals surface area contributed by atoms with E-state index in [0.717, 1.165) is 27.8 Å². The molecule has 0 saturated heterocycles. The van der Waals surface area contributed by atoms with Crippen LogP contribution in [0.3, 0.4) is 0 Å². The number of hydrogen-bond acceptors (Lipinski definition) is 0. The maximum Gasteiger partial charge on any atom is 0.115 e. The number of hydrogen-bond donors (Lipinski definition) is 0. The first-order valence-corrected chi connectivity index (χ1v) is 11.0. The van der Waals surface area contributed by atoms with Crippen LogP contribution in [0.25, 0.3) is 24.3 Å². The molecule has 160 valence electrons. The van der Waals surface area contributed by atoms with Crippen molar-refractivity contribution in [3.63, 3.8) is 0 Å². The van der Waals surface area contributed by atoms with Crippen molar-refractivity contribution in [1.82, 2.24) is 0 Å². The van der Waals surface area contributed by atoms with Crippen molar-refractivity contribution in [2.45, 2.75) is 13.6 Å². The van der Waals surface area contributed by atoms with E-state index in [1.54, 1.807) is 0 Å². The molecule has 0 aliphatic rings. The molecular formula is C32H25F. The summed E-state index contributed by atoms with van der Waals surface area (Å²) in [6, 6.07) is 32.4. The van der Waals surface area contributed by atoms with Crippen molar-refractivity contribution in [2.75, 3.05) is 0 Å². The zero-order valence-electron chi connectivity index (χ0n) is 18.6. The average Bonchev–Trinajstić information content (AvgIpc) is 2.87. The molecular weight excluding hydrogens is 403 g/mol. The molecule has 0 bridgehead atoms. The lowest BCUT2D eigenvalue weighted by Gasteiger charge is -1.98. The van der Waals surface area contributed by atoms with Crippen molar-refractivity contribution in [2.24, 2.45) is 0 Å². The van der Waals surface area contributed by atoms with Crippen LogP contribution >= 0.6 is 0 Å². The van der Waals surface area contributed by atoms with Gasteiger partial charge in [-0.1, -0.05) is 115 Å². The fourth-order valence-corrected chi connectivity index (χ4v) is 3.28.